The summed E-state index contributed by atoms with van der Waals surface area (Å²) in [6.45, 7) is 3.85. The number of dihydropyridines is 1. The molecule has 0 radical (unpaired) electrons. The molecule has 2 aliphatic heterocycles. The van der Waals surface area contributed by atoms with E-state index in [-0.39, 0.29) is 18.9 Å². The molecule has 2 heterocycles. The Balaban J connectivity index is 1.73. The van der Waals surface area contributed by atoms with E-state index in [2.05, 4.69) is 5.32 Å². The number of thioether (sulfide) groups is 1. The topological polar surface area (TPSA) is 108 Å². The Kier molecular flexibility index (Phi) is 6.50. The van der Waals surface area contributed by atoms with Crippen LogP contribution in [0.25, 0.3) is 0 Å². The number of allylic oxidation sites excluding steroid dienone is 1. The summed E-state index contributed by atoms with van der Waals surface area (Å²) in [5, 5.41) is 14.2. The second kappa shape index (κ2) is 9.50. The highest BCUT2D eigenvalue weighted by atomic mass is 32.2. The van der Waals surface area contributed by atoms with Crippen LogP contribution in [0, 0.1) is 10.1 Å². The van der Waals surface area contributed by atoms with Crippen LogP contribution in [0.15, 0.2) is 76.0 Å². The van der Waals surface area contributed by atoms with Crippen LogP contribution in [0.4, 0.5) is 5.69 Å². The highest BCUT2D eigenvalue weighted by Gasteiger charge is 2.42. The maximum atomic E-state index is 12.9. The maximum Gasteiger partial charge on any atom is 0.337 e. The molecule has 0 amide bonds. The lowest BCUT2D eigenvalue weighted by Crippen LogP contribution is -2.30. The fourth-order valence-electron chi connectivity index (χ4n) is 4.03. The zero-order valence-corrected chi connectivity index (χ0v) is 18.9. The predicted molar refractivity (Wildman–Crippen MR) is 122 cm³/mol. The van der Waals surface area contributed by atoms with Crippen molar-refractivity contribution < 1.29 is 24.0 Å². The minimum Gasteiger partial charge on any atom is -0.463 e. The Labute approximate surface area is 194 Å². The van der Waals surface area contributed by atoms with Crippen LogP contribution in [0.5, 0.6) is 0 Å². The molecular weight excluding hydrogens is 444 g/mol. The number of esters is 2. The number of nitro benzene ring substituents is 1. The minimum atomic E-state index is -0.635. The first-order valence-electron chi connectivity index (χ1n) is 10.4. The normalized spacial score (nSPS) is 17.4. The Hall–Kier alpha value is -3.59. The van der Waals surface area contributed by atoms with E-state index < -0.39 is 22.8 Å². The summed E-state index contributed by atoms with van der Waals surface area (Å²) in [5.74, 6) is -1.10. The average Bonchev–Trinajstić information content (AvgIpc) is 3.17. The van der Waals surface area contributed by atoms with Crippen LogP contribution in [0.2, 0.25) is 0 Å². The number of nitrogens with one attached hydrogen (secondary N) is 1. The average molecular weight is 467 g/mol. The molecule has 1 N–H and O–H groups in total. The number of ether oxygens (including phenoxy) is 2. The van der Waals surface area contributed by atoms with Crippen LogP contribution in [0.3, 0.4) is 0 Å². The lowest BCUT2D eigenvalue weighted by molar-refractivity contribution is -0.384. The molecule has 0 aliphatic carbocycles. The van der Waals surface area contributed by atoms with Crippen LogP contribution in [0.1, 0.15) is 30.9 Å². The van der Waals surface area contributed by atoms with Crippen LogP contribution in [-0.2, 0) is 24.8 Å². The molecular formula is C24H22N2O6S. The van der Waals surface area contributed by atoms with Gasteiger partial charge in [-0.1, -0.05) is 30.3 Å². The molecule has 0 bridgehead atoms. The summed E-state index contributed by atoms with van der Waals surface area (Å²) in [6, 6.07) is 14.0. The van der Waals surface area contributed by atoms with Gasteiger partial charge in [-0.05, 0) is 31.0 Å². The number of hydrogen-bond donors (Lipinski definition) is 1. The van der Waals surface area contributed by atoms with Gasteiger partial charge in [0.15, 0.2) is 0 Å². The fourth-order valence-corrected chi connectivity index (χ4v) is 5.06. The van der Waals surface area contributed by atoms with Crippen molar-refractivity contribution in [2.24, 2.45) is 0 Å². The largest absolute Gasteiger partial charge is 0.463 e. The molecule has 1 atom stereocenters. The van der Waals surface area contributed by atoms with Gasteiger partial charge >= 0.3 is 11.9 Å². The highest BCUT2D eigenvalue weighted by molar-refractivity contribution is 7.98. The second-order valence-corrected chi connectivity index (χ2v) is 8.56. The summed E-state index contributed by atoms with van der Waals surface area (Å²) >= 11 is 1.49. The van der Waals surface area contributed by atoms with Gasteiger partial charge < -0.3 is 14.8 Å². The number of cyclic esters (lactones) is 1. The first kappa shape index (κ1) is 22.6. The van der Waals surface area contributed by atoms with Gasteiger partial charge in [-0.15, -0.1) is 11.8 Å². The third-order valence-electron chi connectivity index (χ3n) is 5.45. The van der Waals surface area contributed by atoms with E-state index in [4.69, 9.17) is 9.47 Å². The van der Waals surface area contributed by atoms with Crippen molar-refractivity contribution in [3.8, 4) is 0 Å². The van der Waals surface area contributed by atoms with Crippen molar-refractivity contribution in [1.82, 2.24) is 5.32 Å². The molecule has 33 heavy (non-hydrogen) atoms. The Morgan fingerprint density at radius 3 is 2.82 bits per heavy atom. The molecule has 1 unspecified atom stereocenters. The van der Waals surface area contributed by atoms with E-state index in [1.165, 1.54) is 17.8 Å². The Morgan fingerprint density at radius 1 is 1.27 bits per heavy atom. The Bertz CT molecular complexity index is 1200. The van der Waals surface area contributed by atoms with E-state index in [0.717, 1.165) is 16.0 Å². The third-order valence-corrected chi connectivity index (χ3v) is 6.61. The summed E-state index contributed by atoms with van der Waals surface area (Å²) < 4.78 is 10.6. The zero-order valence-electron chi connectivity index (χ0n) is 18.1. The van der Waals surface area contributed by atoms with Gasteiger partial charge in [-0.25, -0.2) is 9.59 Å². The molecule has 0 saturated carbocycles. The predicted octanol–water partition coefficient (Wildman–Crippen LogP) is 4.22. The van der Waals surface area contributed by atoms with E-state index in [0.29, 0.717) is 28.3 Å². The maximum absolute atomic E-state index is 12.9. The summed E-state index contributed by atoms with van der Waals surface area (Å²) in [6.07, 6.45) is 0. The molecule has 2 aromatic carbocycles. The molecule has 9 heteroatoms. The van der Waals surface area contributed by atoms with Crippen LogP contribution >= 0.6 is 11.8 Å². The van der Waals surface area contributed by atoms with E-state index in [9.17, 15) is 19.7 Å². The van der Waals surface area contributed by atoms with E-state index >= 15 is 0 Å². The molecule has 8 nitrogen and oxygen atoms in total. The standard InChI is InChI=1S/C24H22N2O6S/c1-3-31-23(27)20-14(2)25-18-12-32-24(28)22(18)21(20)17-9-4-5-10-19(17)33-13-15-7-6-8-16(11-15)26(29)30/h4-11,21,25H,3,12-13H2,1-2H3. The summed E-state index contributed by atoms with van der Waals surface area (Å²) in [7, 11) is 0. The van der Waals surface area contributed by atoms with Crippen molar-refractivity contribution in [3.63, 3.8) is 0 Å². The second-order valence-electron chi connectivity index (χ2n) is 7.54. The number of hydrogen-bond acceptors (Lipinski definition) is 8. The summed E-state index contributed by atoms with van der Waals surface area (Å²) in [4.78, 5) is 37.1. The quantitative estimate of drug-likeness (QED) is 0.280. The zero-order chi connectivity index (χ0) is 23.5. The first-order valence-corrected chi connectivity index (χ1v) is 11.4. The molecule has 0 fully saturated rings. The lowest BCUT2D eigenvalue weighted by Gasteiger charge is -2.28. The third kappa shape index (κ3) is 4.49. The molecule has 2 aliphatic rings. The number of carbonyl (C=O) groups excluding carboxylic acids is 2. The number of rotatable bonds is 7. The van der Waals surface area contributed by atoms with Gasteiger partial charge in [0.1, 0.15) is 6.61 Å². The number of nitro groups is 1. The van der Waals surface area contributed by atoms with Gasteiger partial charge in [0.05, 0.1) is 34.3 Å². The lowest BCUT2D eigenvalue weighted by atomic mass is 9.81. The number of carbonyl (C=O) groups is 2. The highest BCUT2D eigenvalue weighted by Crippen LogP contribution is 2.44. The van der Waals surface area contributed by atoms with Crippen molar-refractivity contribution in [2.45, 2.75) is 30.4 Å². The van der Waals surface area contributed by atoms with Crippen molar-refractivity contribution in [2.75, 3.05) is 13.2 Å². The van der Waals surface area contributed by atoms with Crippen molar-refractivity contribution >= 4 is 29.4 Å². The van der Waals surface area contributed by atoms with Gasteiger partial charge in [0.2, 0.25) is 0 Å². The molecule has 2 aromatic rings. The number of nitrogens with zero attached hydrogens (tertiary/aromatic N) is 1. The minimum absolute atomic E-state index is 0.0337. The van der Waals surface area contributed by atoms with Crippen LogP contribution < -0.4 is 5.32 Å². The van der Waals surface area contributed by atoms with Gasteiger partial charge in [0.25, 0.3) is 5.69 Å². The number of non-ortho nitro benzene ring substituents is 1. The van der Waals surface area contributed by atoms with Crippen LogP contribution in [-0.4, -0.2) is 30.1 Å². The molecule has 0 saturated heterocycles. The molecule has 0 spiro atoms. The molecule has 170 valence electrons. The number of benzene rings is 2. The van der Waals surface area contributed by atoms with Crippen molar-refractivity contribution in [3.05, 3.63) is 92.3 Å². The molecule has 4 rings (SSSR count). The monoisotopic (exact) mass is 466 g/mol. The molecule has 0 aromatic heterocycles. The van der Waals surface area contributed by atoms with Crippen molar-refractivity contribution in [1.29, 1.82) is 0 Å². The van der Waals surface area contributed by atoms with E-state index in [1.54, 1.807) is 26.0 Å². The van der Waals surface area contributed by atoms with Gasteiger partial charge in [-0.2, -0.15) is 0 Å². The van der Waals surface area contributed by atoms with Gasteiger partial charge in [-0.3, -0.25) is 10.1 Å². The fraction of sp³-hybridized carbons (Fsp3) is 0.250. The van der Waals surface area contributed by atoms with Gasteiger partial charge in [0, 0.05) is 28.5 Å². The SMILES string of the molecule is CCOC(=O)C1=C(C)NC2=C(C(=O)OC2)C1c1ccccc1SCc1cccc([N+](=O)[O-])c1. The smallest absolute Gasteiger partial charge is 0.337 e. The first-order chi connectivity index (χ1) is 15.9. The summed E-state index contributed by atoms with van der Waals surface area (Å²) in [5.41, 5.74) is 3.66. The Morgan fingerprint density at radius 2 is 2.06 bits per heavy atom. The van der Waals surface area contributed by atoms with E-state index in [1.807, 2.05) is 30.3 Å².